The van der Waals surface area contributed by atoms with Crippen molar-refractivity contribution in [1.29, 1.82) is 0 Å². The number of nitrogens with zero attached hydrogens (tertiary/aromatic N) is 4. The number of sulfone groups is 1. The van der Waals surface area contributed by atoms with Crippen molar-refractivity contribution < 1.29 is 27.1 Å². The molecule has 2 aliphatic rings. The van der Waals surface area contributed by atoms with Crippen molar-refractivity contribution in [1.82, 2.24) is 14.5 Å². The van der Waals surface area contributed by atoms with E-state index in [-0.39, 0.29) is 55.1 Å². The number of rotatable bonds is 10. The Bertz CT molecular complexity index is 1880. The first-order chi connectivity index (χ1) is 21.2. The molecule has 4 aromatic rings. The van der Waals surface area contributed by atoms with Crippen LogP contribution in [0.2, 0.25) is 0 Å². The number of benzene rings is 2. The van der Waals surface area contributed by atoms with E-state index in [1.807, 2.05) is 30.3 Å². The first-order valence-corrected chi connectivity index (χ1v) is 16.1. The minimum Gasteiger partial charge on any atom is -0.454 e. The molecule has 0 saturated heterocycles. The van der Waals surface area contributed by atoms with Crippen LogP contribution in [-0.4, -0.2) is 47.4 Å². The molecule has 0 unspecified atom stereocenters. The van der Waals surface area contributed by atoms with Gasteiger partial charge in [-0.05, 0) is 74.6 Å². The molecule has 6 rings (SSSR count). The molecule has 2 aromatic carbocycles. The van der Waals surface area contributed by atoms with Crippen molar-refractivity contribution in [2.45, 2.75) is 56.8 Å². The molecule has 0 atom stereocenters. The topological polar surface area (TPSA) is 121 Å². The van der Waals surface area contributed by atoms with E-state index >= 15 is 0 Å². The van der Waals surface area contributed by atoms with Gasteiger partial charge in [0.15, 0.2) is 17.3 Å². The summed E-state index contributed by atoms with van der Waals surface area (Å²) >= 11 is 0. The zero-order valence-electron chi connectivity index (χ0n) is 24.1. The summed E-state index contributed by atoms with van der Waals surface area (Å²) in [5.41, 5.74) is 1.40. The predicted molar refractivity (Wildman–Crippen MR) is 161 cm³/mol. The van der Waals surface area contributed by atoms with Crippen molar-refractivity contribution in [2.24, 2.45) is 0 Å². The molecular weight excluding hydrogens is 587 g/mol. The Morgan fingerprint density at radius 1 is 1.05 bits per heavy atom. The smallest absolute Gasteiger partial charge is 0.286 e. The molecule has 12 heteroatoms. The molecule has 0 spiro atoms. The Kier molecular flexibility index (Phi) is 8.17. The predicted octanol–water partition coefficient (Wildman–Crippen LogP) is 4.67. The number of para-hydroxylation sites is 1. The van der Waals surface area contributed by atoms with Crippen LogP contribution >= 0.6 is 0 Å². The van der Waals surface area contributed by atoms with Gasteiger partial charge in [-0.25, -0.2) is 22.8 Å². The normalized spacial score (nSPS) is 14.3. The summed E-state index contributed by atoms with van der Waals surface area (Å²) in [6.07, 6.45) is 4.49. The third-order valence-corrected chi connectivity index (χ3v) is 9.35. The lowest BCUT2D eigenvalue weighted by molar-refractivity contribution is -0.119. The Morgan fingerprint density at radius 3 is 2.57 bits per heavy atom. The molecule has 1 fully saturated rings. The van der Waals surface area contributed by atoms with Crippen LogP contribution in [-0.2, 0) is 21.2 Å². The number of ether oxygens (including phenoxy) is 2. The fourth-order valence-electron chi connectivity index (χ4n) is 5.34. The average molecular weight is 619 g/mol. The van der Waals surface area contributed by atoms with E-state index in [2.05, 4.69) is 9.97 Å². The van der Waals surface area contributed by atoms with Gasteiger partial charge < -0.3 is 18.9 Å². The van der Waals surface area contributed by atoms with Crippen LogP contribution in [0.25, 0.3) is 11.3 Å². The number of amides is 1. The highest BCUT2D eigenvalue weighted by atomic mass is 32.2. The van der Waals surface area contributed by atoms with E-state index in [9.17, 15) is 22.4 Å². The van der Waals surface area contributed by atoms with E-state index in [0.29, 0.717) is 22.8 Å². The minimum atomic E-state index is -3.97. The lowest BCUT2D eigenvalue weighted by atomic mass is 9.90. The van der Waals surface area contributed by atoms with Gasteiger partial charge in [-0.3, -0.25) is 9.59 Å². The van der Waals surface area contributed by atoms with Crippen molar-refractivity contribution in [3.05, 3.63) is 94.3 Å². The molecule has 2 aromatic heterocycles. The van der Waals surface area contributed by atoms with Gasteiger partial charge in [-0.15, -0.1) is 0 Å². The van der Waals surface area contributed by atoms with Crippen LogP contribution in [0, 0.1) is 12.7 Å². The number of aryl methyl sites for hydroxylation is 1. The van der Waals surface area contributed by atoms with Gasteiger partial charge in [-0.1, -0.05) is 24.3 Å². The summed E-state index contributed by atoms with van der Waals surface area (Å²) in [6.45, 7) is 1.76. The van der Waals surface area contributed by atoms with E-state index in [0.717, 1.165) is 31.0 Å². The Morgan fingerprint density at radius 2 is 1.82 bits per heavy atom. The second-order valence-electron chi connectivity index (χ2n) is 11.0. The van der Waals surface area contributed by atoms with Gasteiger partial charge >= 0.3 is 0 Å². The minimum absolute atomic E-state index is 0.0460. The van der Waals surface area contributed by atoms with Gasteiger partial charge in [0.25, 0.3) is 5.56 Å². The highest BCUT2D eigenvalue weighted by Gasteiger charge is 2.30. The standard InChI is InChI=1S/C32H31FN4O6S/c1-21-15-27(23-17-26(33)31(39)36(19-23)18-22-12-13-28-29(16-22)43-20-42-28)35-32(34-21)44(40,41)14-6-11-30(38)37(25-9-5-10-25)24-7-3-2-4-8-24/h2-4,7-8,12-13,15-17,19,25H,5-6,9-11,14,18,20H2,1H3. The molecule has 1 aliphatic heterocycles. The van der Waals surface area contributed by atoms with Gasteiger partial charge in [-0.2, -0.15) is 0 Å². The van der Waals surface area contributed by atoms with Crippen LogP contribution in [0.3, 0.4) is 0 Å². The Labute approximate surface area is 254 Å². The summed E-state index contributed by atoms with van der Waals surface area (Å²) in [5, 5.41) is -0.409. The Balaban J connectivity index is 1.19. The second-order valence-corrected chi connectivity index (χ2v) is 13.0. The van der Waals surface area contributed by atoms with E-state index in [4.69, 9.17) is 9.47 Å². The third kappa shape index (κ3) is 6.21. The van der Waals surface area contributed by atoms with Crippen molar-refractivity contribution >= 4 is 21.4 Å². The Hall–Kier alpha value is -4.58. The van der Waals surface area contributed by atoms with Gasteiger partial charge in [0, 0.05) is 35.6 Å². The number of hydrogen-bond acceptors (Lipinski definition) is 8. The maximum atomic E-state index is 14.8. The van der Waals surface area contributed by atoms with Gasteiger partial charge in [0.2, 0.25) is 27.7 Å². The van der Waals surface area contributed by atoms with Crippen LogP contribution in [0.4, 0.5) is 10.1 Å². The molecule has 3 heterocycles. The monoisotopic (exact) mass is 618 g/mol. The number of anilines is 1. The van der Waals surface area contributed by atoms with Gasteiger partial charge in [0.05, 0.1) is 18.0 Å². The summed E-state index contributed by atoms with van der Waals surface area (Å²) in [7, 11) is -3.97. The number of pyridine rings is 1. The maximum Gasteiger partial charge on any atom is 0.286 e. The average Bonchev–Trinajstić information content (AvgIpc) is 3.45. The van der Waals surface area contributed by atoms with Crippen molar-refractivity contribution in [2.75, 3.05) is 17.4 Å². The number of hydrogen-bond donors (Lipinski definition) is 0. The maximum absolute atomic E-state index is 14.8. The molecule has 0 N–H and O–H groups in total. The lowest BCUT2D eigenvalue weighted by Gasteiger charge is -2.37. The first-order valence-electron chi connectivity index (χ1n) is 14.4. The molecule has 0 radical (unpaired) electrons. The van der Waals surface area contributed by atoms with Crippen LogP contribution < -0.4 is 19.9 Å². The zero-order valence-corrected chi connectivity index (χ0v) is 24.9. The molecule has 44 heavy (non-hydrogen) atoms. The molecule has 1 amide bonds. The highest BCUT2D eigenvalue weighted by Crippen LogP contribution is 2.33. The lowest BCUT2D eigenvalue weighted by Crippen LogP contribution is -2.44. The molecule has 228 valence electrons. The molecule has 1 saturated carbocycles. The second kappa shape index (κ2) is 12.2. The zero-order chi connectivity index (χ0) is 30.8. The SMILES string of the molecule is Cc1cc(-c2cc(F)c(=O)n(Cc3ccc4c(c3)OCO4)c2)nc(S(=O)(=O)CCCC(=O)N(c2ccccc2)C2CCC2)n1. The number of carbonyl (C=O) groups is 1. The van der Waals surface area contributed by atoms with E-state index in [1.165, 1.54) is 16.8 Å². The quantitative estimate of drug-likeness (QED) is 0.235. The molecular formula is C32H31FN4O6S. The van der Waals surface area contributed by atoms with Crippen LogP contribution in [0.1, 0.15) is 43.4 Å². The summed E-state index contributed by atoms with van der Waals surface area (Å²) in [5.74, 6) is -0.333. The number of fused-ring (bicyclic) bond motifs is 1. The van der Waals surface area contributed by atoms with Crippen LogP contribution in [0.15, 0.2) is 76.8 Å². The number of halogens is 1. The summed E-state index contributed by atoms with van der Waals surface area (Å²) in [6, 6.07) is 17.3. The van der Waals surface area contributed by atoms with Crippen molar-refractivity contribution in [3.8, 4) is 22.8 Å². The fourth-order valence-corrected chi connectivity index (χ4v) is 6.57. The highest BCUT2D eigenvalue weighted by molar-refractivity contribution is 7.91. The molecule has 10 nitrogen and oxygen atoms in total. The molecule has 1 aliphatic carbocycles. The molecule has 0 bridgehead atoms. The summed E-state index contributed by atoms with van der Waals surface area (Å²) in [4.78, 5) is 36.0. The van der Waals surface area contributed by atoms with Crippen molar-refractivity contribution in [3.63, 3.8) is 0 Å². The van der Waals surface area contributed by atoms with Gasteiger partial charge in [0.1, 0.15) is 0 Å². The summed E-state index contributed by atoms with van der Waals surface area (Å²) < 4.78 is 53.4. The fraction of sp³-hybridized carbons (Fsp3) is 0.312. The van der Waals surface area contributed by atoms with E-state index < -0.39 is 26.4 Å². The first kappa shape index (κ1) is 29.5. The number of carbonyl (C=O) groups excluding carboxylic acids is 1. The van der Waals surface area contributed by atoms with E-state index in [1.54, 1.807) is 30.0 Å². The van der Waals surface area contributed by atoms with Crippen LogP contribution in [0.5, 0.6) is 11.5 Å². The third-order valence-electron chi connectivity index (χ3n) is 7.79. The number of aromatic nitrogens is 3. The largest absolute Gasteiger partial charge is 0.454 e.